The predicted octanol–water partition coefficient (Wildman–Crippen LogP) is 2.47. The molecule has 1 aliphatic heterocycles. The molecule has 1 unspecified atom stereocenters. The SMILES string of the molecule is CC1(C(=O)Nc2cnc(-c3ccccc3)nc2)CCCNC1. The largest absolute Gasteiger partial charge is 0.323 e. The van der Waals surface area contributed by atoms with E-state index >= 15 is 0 Å². The molecule has 22 heavy (non-hydrogen) atoms. The van der Waals surface area contributed by atoms with E-state index < -0.39 is 0 Å². The Morgan fingerprint density at radius 2 is 1.95 bits per heavy atom. The van der Waals surface area contributed by atoms with Crippen molar-refractivity contribution in [2.75, 3.05) is 18.4 Å². The lowest BCUT2D eigenvalue weighted by molar-refractivity contribution is -0.125. The minimum Gasteiger partial charge on any atom is -0.323 e. The summed E-state index contributed by atoms with van der Waals surface area (Å²) >= 11 is 0. The summed E-state index contributed by atoms with van der Waals surface area (Å²) in [4.78, 5) is 21.1. The topological polar surface area (TPSA) is 66.9 Å². The van der Waals surface area contributed by atoms with E-state index in [1.165, 1.54) is 0 Å². The molecule has 0 saturated carbocycles. The van der Waals surface area contributed by atoms with Crippen LogP contribution < -0.4 is 10.6 Å². The number of nitrogens with one attached hydrogen (secondary N) is 2. The van der Waals surface area contributed by atoms with Gasteiger partial charge in [0, 0.05) is 12.1 Å². The first-order valence-electron chi connectivity index (χ1n) is 7.57. The van der Waals surface area contributed by atoms with E-state index in [4.69, 9.17) is 0 Å². The fourth-order valence-electron chi connectivity index (χ4n) is 2.66. The zero-order valence-corrected chi connectivity index (χ0v) is 12.7. The van der Waals surface area contributed by atoms with E-state index in [1.807, 2.05) is 37.3 Å². The van der Waals surface area contributed by atoms with Gasteiger partial charge in [-0.3, -0.25) is 4.79 Å². The molecule has 1 fully saturated rings. The summed E-state index contributed by atoms with van der Waals surface area (Å²) in [6.45, 7) is 3.69. The molecule has 0 radical (unpaired) electrons. The van der Waals surface area contributed by atoms with Gasteiger partial charge in [-0.25, -0.2) is 9.97 Å². The maximum absolute atomic E-state index is 12.4. The van der Waals surface area contributed by atoms with Gasteiger partial charge < -0.3 is 10.6 Å². The fourth-order valence-corrected chi connectivity index (χ4v) is 2.66. The zero-order chi connectivity index (χ0) is 15.4. The van der Waals surface area contributed by atoms with Gasteiger partial charge in [-0.2, -0.15) is 0 Å². The summed E-state index contributed by atoms with van der Waals surface area (Å²) in [6, 6.07) is 9.78. The highest BCUT2D eigenvalue weighted by molar-refractivity contribution is 5.95. The van der Waals surface area contributed by atoms with Gasteiger partial charge in [-0.1, -0.05) is 30.3 Å². The maximum atomic E-state index is 12.4. The van der Waals surface area contributed by atoms with Gasteiger partial charge in [-0.15, -0.1) is 0 Å². The quantitative estimate of drug-likeness (QED) is 0.913. The van der Waals surface area contributed by atoms with Crippen LogP contribution in [0, 0.1) is 5.41 Å². The number of carbonyl (C=O) groups is 1. The summed E-state index contributed by atoms with van der Waals surface area (Å²) in [5.74, 6) is 0.680. The van der Waals surface area contributed by atoms with Crippen molar-refractivity contribution in [3.8, 4) is 11.4 Å². The van der Waals surface area contributed by atoms with Crippen molar-refractivity contribution in [2.45, 2.75) is 19.8 Å². The molecule has 0 spiro atoms. The number of carbonyl (C=O) groups excluding carboxylic acids is 1. The highest BCUT2D eigenvalue weighted by Crippen LogP contribution is 2.27. The second-order valence-electron chi connectivity index (χ2n) is 5.96. The predicted molar refractivity (Wildman–Crippen MR) is 86.3 cm³/mol. The minimum atomic E-state index is -0.365. The second kappa shape index (κ2) is 6.23. The van der Waals surface area contributed by atoms with Gasteiger partial charge in [0.25, 0.3) is 0 Å². The average Bonchev–Trinajstić information content (AvgIpc) is 2.57. The zero-order valence-electron chi connectivity index (χ0n) is 12.7. The van der Waals surface area contributed by atoms with Crippen LogP contribution in [0.15, 0.2) is 42.7 Å². The standard InChI is InChI=1S/C17H20N4O/c1-17(8-5-9-18-12-17)16(22)21-14-10-19-15(20-11-14)13-6-3-2-4-7-13/h2-4,6-7,10-11,18H,5,8-9,12H2,1H3,(H,21,22). The van der Waals surface area contributed by atoms with Crippen LogP contribution in [0.3, 0.4) is 0 Å². The number of aromatic nitrogens is 2. The van der Waals surface area contributed by atoms with Crippen LogP contribution in [0.5, 0.6) is 0 Å². The molecule has 1 saturated heterocycles. The molecule has 0 aliphatic carbocycles. The van der Waals surface area contributed by atoms with Crippen LogP contribution in [-0.4, -0.2) is 29.0 Å². The van der Waals surface area contributed by atoms with E-state index in [9.17, 15) is 4.79 Å². The van der Waals surface area contributed by atoms with Crippen LogP contribution in [0.25, 0.3) is 11.4 Å². The van der Waals surface area contributed by atoms with Crippen LogP contribution in [-0.2, 0) is 4.79 Å². The fraction of sp³-hybridized carbons (Fsp3) is 0.353. The van der Waals surface area contributed by atoms with Crippen molar-refractivity contribution < 1.29 is 4.79 Å². The number of hydrogen-bond donors (Lipinski definition) is 2. The van der Waals surface area contributed by atoms with Crippen LogP contribution in [0.1, 0.15) is 19.8 Å². The Kier molecular flexibility index (Phi) is 4.15. The average molecular weight is 296 g/mol. The number of rotatable bonds is 3. The van der Waals surface area contributed by atoms with Gasteiger partial charge in [0.1, 0.15) is 0 Å². The van der Waals surface area contributed by atoms with Crippen molar-refractivity contribution in [3.05, 3.63) is 42.7 Å². The Balaban J connectivity index is 1.70. The van der Waals surface area contributed by atoms with Gasteiger partial charge in [0.15, 0.2) is 5.82 Å². The normalized spacial score (nSPS) is 21.3. The van der Waals surface area contributed by atoms with Gasteiger partial charge in [-0.05, 0) is 26.3 Å². The molecular formula is C17H20N4O. The molecule has 5 heteroatoms. The Morgan fingerprint density at radius 3 is 2.59 bits per heavy atom. The monoisotopic (exact) mass is 296 g/mol. The number of amides is 1. The van der Waals surface area contributed by atoms with E-state index in [0.29, 0.717) is 18.1 Å². The molecule has 2 heterocycles. The Hall–Kier alpha value is -2.27. The van der Waals surface area contributed by atoms with Gasteiger partial charge in [0.05, 0.1) is 23.5 Å². The third-order valence-electron chi connectivity index (χ3n) is 4.09. The molecule has 1 atom stereocenters. The van der Waals surface area contributed by atoms with E-state index in [2.05, 4.69) is 20.6 Å². The Labute approximate surface area is 130 Å². The van der Waals surface area contributed by atoms with Crippen molar-refractivity contribution in [2.24, 2.45) is 5.41 Å². The summed E-state index contributed by atoms with van der Waals surface area (Å²) < 4.78 is 0. The molecule has 1 aliphatic rings. The summed E-state index contributed by atoms with van der Waals surface area (Å²) in [7, 11) is 0. The van der Waals surface area contributed by atoms with Gasteiger partial charge >= 0.3 is 0 Å². The van der Waals surface area contributed by atoms with E-state index in [-0.39, 0.29) is 11.3 Å². The van der Waals surface area contributed by atoms with E-state index in [1.54, 1.807) is 12.4 Å². The van der Waals surface area contributed by atoms with Crippen molar-refractivity contribution in [1.29, 1.82) is 0 Å². The smallest absolute Gasteiger partial charge is 0.231 e. The first kappa shape index (κ1) is 14.7. The highest BCUT2D eigenvalue weighted by atomic mass is 16.2. The first-order valence-corrected chi connectivity index (χ1v) is 7.57. The summed E-state index contributed by atoms with van der Waals surface area (Å²) in [6.07, 6.45) is 5.24. The second-order valence-corrected chi connectivity index (χ2v) is 5.96. The van der Waals surface area contributed by atoms with E-state index in [0.717, 1.165) is 24.9 Å². The first-order chi connectivity index (χ1) is 10.7. The Morgan fingerprint density at radius 1 is 1.23 bits per heavy atom. The van der Waals surface area contributed by atoms with Gasteiger partial charge in [0.2, 0.25) is 5.91 Å². The summed E-state index contributed by atoms with van der Waals surface area (Å²) in [5, 5.41) is 6.21. The third kappa shape index (κ3) is 3.14. The lowest BCUT2D eigenvalue weighted by atomic mass is 9.82. The summed E-state index contributed by atoms with van der Waals surface area (Å²) in [5.41, 5.74) is 1.23. The number of hydrogen-bond acceptors (Lipinski definition) is 4. The van der Waals surface area contributed by atoms with Crippen LogP contribution in [0.4, 0.5) is 5.69 Å². The highest BCUT2D eigenvalue weighted by Gasteiger charge is 2.34. The molecule has 2 aromatic rings. The molecule has 3 rings (SSSR count). The maximum Gasteiger partial charge on any atom is 0.231 e. The van der Waals surface area contributed by atoms with Crippen molar-refractivity contribution >= 4 is 11.6 Å². The lowest BCUT2D eigenvalue weighted by Gasteiger charge is -2.32. The minimum absolute atomic E-state index is 0.0239. The van der Waals surface area contributed by atoms with Crippen LogP contribution >= 0.6 is 0 Å². The molecular weight excluding hydrogens is 276 g/mol. The lowest BCUT2D eigenvalue weighted by Crippen LogP contribution is -2.46. The van der Waals surface area contributed by atoms with Crippen molar-refractivity contribution in [1.82, 2.24) is 15.3 Å². The number of benzene rings is 1. The van der Waals surface area contributed by atoms with Crippen LogP contribution in [0.2, 0.25) is 0 Å². The number of piperidine rings is 1. The van der Waals surface area contributed by atoms with Crippen molar-refractivity contribution in [3.63, 3.8) is 0 Å². The number of anilines is 1. The molecule has 1 aromatic heterocycles. The molecule has 1 amide bonds. The molecule has 0 bridgehead atoms. The molecule has 2 N–H and O–H groups in total. The molecule has 1 aromatic carbocycles. The Bertz CT molecular complexity index is 633. The molecule has 114 valence electrons. The molecule has 5 nitrogen and oxygen atoms in total. The number of nitrogens with zero attached hydrogens (tertiary/aromatic N) is 2. The third-order valence-corrected chi connectivity index (χ3v) is 4.09.